The van der Waals surface area contributed by atoms with E-state index in [9.17, 15) is 9.50 Å². The normalized spacial score (nSPS) is 12.2. The fraction of sp³-hybridized carbons (Fsp3) is 0.353. The number of aliphatic hydroxyl groups is 1. The van der Waals surface area contributed by atoms with Gasteiger partial charge in [0.05, 0.1) is 6.10 Å². The van der Waals surface area contributed by atoms with Crippen LogP contribution in [0.4, 0.5) is 10.1 Å². The molecule has 0 spiro atoms. The van der Waals surface area contributed by atoms with Gasteiger partial charge in [-0.3, -0.25) is 4.98 Å². The van der Waals surface area contributed by atoms with Crippen LogP contribution >= 0.6 is 0 Å². The first-order chi connectivity index (χ1) is 10.0. The van der Waals surface area contributed by atoms with E-state index in [0.29, 0.717) is 17.7 Å². The Morgan fingerprint density at radius 3 is 2.52 bits per heavy atom. The minimum atomic E-state index is -0.707. The van der Waals surface area contributed by atoms with Gasteiger partial charge in [0.15, 0.2) is 0 Å². The molecule has 0 saturated carbocycles. The number of nitrogens with zero attached hydrogens (tertiary/aromatic N) is 2. The summed E-state index contributed by atoms with van der Waals surface area (Å²) in [5.74, 6) is -0.283. The average Bonchev–Trinajstić information content (AvgIpc) is 2.48. The van der Waals surface area contributed by atoms with Gasteiger partial charge in [-0.1, -0.05) is 0 Å². The van der Waals surface area contributed by atoms with Crippen LogP contribution in [0.5, 0.6) is 0 Å². The monoisotopic (exact) mass is 288 g/mol. The molecule has 1 aromatic heterocycles. The quantitative estimate of drug-likeness (QED) is 0.913. The molecule has 1 aromatic carbocycles. The summed E-state index contributed by atoms with van der Waals surface area (Å²) in [6.45, 7) is 6.92. The Balaban J connectivity index is 2.39. The number of aliphatic hydroxyl groups excluding tert-OH is 1. The molecule has 0 saturated heterocycles. The highest BCUT2D eigenvalue weighted by molar-refractivity contribution is 5.57. The van der Waals surface area contributed by atoms with E-state index in [1.807, 2.05) is 25.1 Å². The lowest BCUT2D eigenvalue weighted by atomic mass is 10.0. The van der Waals surface area contributed by atoms with E-state index < -0.39 is 6.10 Å². The molecule has 0 amide bonds. The molecule has 21 heavy (non-hydrogen) atoms. The fourth-order valence-electron chi connectivity index (χ4n) is 2.37. The lowest BCUT2D eigenvalue weighted by Crippen LogP contribution is -2.24. The van der Waals surface area contributed by atoms with Gasteiger partial charge in [-0.05, 0) is 56.2 Å². The highest BCUT2D eigenvalue weighted by Gasteiger charge is 2.16. The second-order valence-corrected chi connectivity index (χ2v) is 5.21. The van der Waals surface area contributed by atoms with Crippen molar-refractivity contribution < 1.29 is 9.50 Å². The first-order valence-corrected chi connectivity index (χ1v) is 7.15. The third-order valence-electron chi connectivity index (χ3n) is 3.60. The van der Waals surface area contributed by atoms with Crippen LogP contribution in [-0.2, 0) is 6.54 Å². The third-order valence-corrected chi connectivity index (χ3v) is 3.60. The number of aromatic nitrogens is 1. The van der Waals surface area contributed by atoms with Crippen molar-refractivity contribution in [1.82, 2.24) is 4.98 Å². The molecule has 0 bridgehead atoms. The van der Waals surface area contributed by atoms with Crippen molar-refractivity contribution in [2.24, 2.45) is 0 Å². The number of aryl methyl sites for hydroxylation is 1. The number of anilines is 1. The molecule has 0 aliphatic carbocycles. The number of rotatable bonds is 5. The van der Waals surface area contributed by atoms with Gasteiger partial charge in [0.2, 0.25) is 0 Å². The standard InChI is InChI=1S/C17H21FN2O/c1-4-20(11-14-5-7-19-8-6-14)17-9-12(2)16(18)10-15(17)13(3)21/h5-10,13,21H,4,11H2,1-3H3/t13-/m0/s1. The van der Waals surface area contributed by atoms with Crippen molar-refractivity contribution in [1.29, 1.82) is 0 Å². The Morgan fingerprint density at radius 2 is 1.95 bits per heavy atom. The Kier molecular flexibility index (Phi) is 4.91. The number of halogens is 1. The van der Waals surface area contributed by atoms with Crippen LogP contribution in [0.15, 0.2) is 36.7 Å². The van der Waals surface area contributed by atoms with Crippen LogP contribution in [-0.4, -0.2) is 16.6 Å². The molecule has 1 heterocycles. The lowest BCUT2D eigenvalue weighted by Gasteiger charge is -2.27. The van der Waals surface area contributed by atoms with Gasteiger partial charge in [0.1, 0.15) is 5.82 Å². The maximum atomic E-state index is 13.8. The number of hydrogen-bond donors (Lipinski definition) is 1. The fourth-order valence-corrected chi connectivity index (χ4v) is 2.37. The summed E-state index contributed by atoms with van der Waals surface area (Å²) in [5.41, 5.74) is 3.21. The first kappa shape index (κ1) is 15.4. The van der Waals surface area contributed by atoms with Gasteiger partial charge in [0.25, 0.3) is 0 Å². The smallest absolute Gasteiger partial charge is 0.126 e. The molecule has 0 fully saturated rings. The molecule has 0 unspecified atom stereocenters. The summed E-state index contributed by atoms with van der Waals surface area (Å²) in [4.78, 5) is 6.14. The van der Waals surface area contributed by atoms with Crippen molar-refractivity contribution in [3.8, 4) is 0 Å². The van der Waals surface area contributed by atoms with Gasteiger partial charge >= 0.3 is 0 Å². The molecular formula is C17H21FN2O. The van der Waals surface area contributed by atoms with Crippen LogP contribution in [0.1, 0.15) is 36.6 Å². The van der Waals surface area contributed by atoms with Crippen molar-refractivity contribution in [2.45, 2.75) is 33.4 Å². The van der Waals surface area contributed by atoms with E-state index in [1.54, 1.807) is 26.2 Å². The van der Waals surface area contributed by atoms with Gasteiger partial charge in [0, 0.05) is 36.7 Å². The van der Waals surface area contributed by atoms with Crippen LogP contribution in [0, 0.1) is 12.7 Å². The number of hydrogen-bond acceptors (Lipinski definition) is 3. The van der Waals surface area contributed by atoms with Crippen molar-refractivity contribution in [3.63, 3.8) is 0 Å². The van der Waals surface area contributed by atoms with Crippen LogP contribution in [0.3, 0.4) is 0 Å². The van der Waals surface area contributed by atoms with Gasteiger partial charge in [-0.15, -0.1) is 0 Å². The Bertz CT molecular complexity index is 599. The predicted octanol–water partition coefficient (Wildman–Crippen LogP) is 3.61. The lowest BCUT2D eigenvalue weighted by molar-refractivity contribution is 0.199. The molecule has 3 nitrogen and oxygen atoms in total. The van der Waals surface area contributed by atoms with Crippen molar-refractivity contribution in [2.75, 3.05) is 11.4 Å². The van der Waals surface area contributed by atoms with E-state index in [2.05, 4.69) is 9.88 Å². The van der Waals surface area contributed by atoms with E-state index in [4.69, 9.17) is 0 Å². The zero-order chi connectivity index (χ0) is 15.4. The first-order valence-electron chi connectivity index (χ1n) is 7.15. The summed E-state index contributed by atoms with van der Waals surface area (Å²) in [6, 6.07) is 7.16. The van der Waals surface area contributed by atoms with Gasteiger partial charge in [-0.25, -0.2) is 4.39 Å². The Morgan fingerprint density at radius 1 is 1.29 bits per heavy atom. The molecule has 2 rings (SSSR count). The molecule has 1 atom stereocenters. The molecule has 1 N–H and O–H groups in total. The second-order valence-electron chi connectivity index (χ2n) is 5.21. The molecule has 4 heteroatoms. The largest absolute Gasteiger partial charge is 0.389 e. The van der Waals surface area contributed by atoms with Crippen molar-refractivity contribution >= 4 is 5.69 Å². The molecule has 112 valence electrons. The second kappa shape index (κ2) is 6.68. The van der Waals surface area contributed by atoms with Crippen LogP contribution < -0.4 is 4.90 Å². The van der Waals surface area contributed by atoms with Crippen molar-refractivity contribution in [3.05, 3.63) is 59.2 Å². The maximum absolute atomic E-state index is 13.8. The highest BCUT2D eigenvalue weighted by atomic mass is 19.1. The molecule has 0 aliphatic rings. The van der Waals surface area contributed by atoms with E-state index in [-0.39, 0.29) is 5.82 Å². The zero-order valence-electron chi connectivity index (χ0n) is 12.7. The van der Waals surface area contributed by atoms with E-state index in [1.165, 1.54) is 6.07 Å². The van der Waals surface area contributed by atoms with E-state index in [0.717, 1.165) is 17.8 Å². The third kappa shape index (κ3) is 3.58. The average molecular weight is 288 g/mol. The topological polar surface area (TPSA) is 36.4 Å². The summed E-state index contributed by atoms with van der Waals surface area (Å²) in [6.07, 6.45) is 2.81. The highest BCUT2D eigenvalue weighted by Crippen LogP contribution is 2.30. The molecule has 0 radical (unpaired) electrons. The zero-order valence-corrected chi connectivity index (χ0v) is 12.7. The van der Waals surface area contributed by atoms with Gasteiger partial charge in [-0.2, -0.15) is 0 Å². The predicted molar refractivity (Wildman–Crippen MR) is 82.7 cm³/mol. The molecular weight excluding hydrogens is 267 g/mol. The number of benzene rings is 1. The maximum Gasteiger partial charge on any atom is 0.126 e. The molecule has 0 aliphatic heterocycles. The van der Waals surface area contributed by atoms with Gasteiger partial charge < -0.3 is 10.0 Å². The summed E-state index contributed by atoms with van der Waals surface area (Å²) in [5, 5.41) is 9.93. The Hall–Kier alpha value is -1.94. The minimum absolute atomic E-state index is 0.283. The summed E-state index contributed by atoms with van der Waals surface area (Å²) < 4.78 is 13.8. The molecule has 2 aromatic rings. The van der Waals surface area contributed by atoms with Crippen LogP contribution in [0.25, 0.3) is 0 Å². The minimum Gasteiger partial charge on any atom is -0.389 e. The van der Waals surface area contributed by atoms with Crippen LogP contribution in [0.2, 0.25) is 0 Å². The summed E-state index contributed by atoms with van der Waals surface area (Å²) in [7, 11) is 0. The summed E-state index contributed by atoms with van der Waals surface area (Å²) >= 11 is 0. The number of pyridine rings is 1. The van der Waals surface area contributed by atoms with E-state index >= 15 is 0 Å². The SMILES string of the molecule is CCN(Cc1ccncc1)c1cc(C)c(F)cc1[C@H](C)O. The Labute approximate surface area is 125 Å².